The molecule has 0 amide bonds. The van der Waals surface area contributed by atoms with Crippen LogP contribution in [0.3, 0.4) is 0 Å². The Morgan fingerprint density at radius 3 is 2.95 bits per heavy atom. The average Bonchev–Trinajstić information content (AvgIpc) is 2.48. The van der Waals surface area contributed by atoms with E-state index < -0.39 is 0 Å². The second-order valence-electron chi connectivity index (χ2n) is 6.65. The van der Waals surface area contributed by atoms with E-state index in [0.717, 1.165) is 29.1 Å². The predicted octanol–water partition coefficient (Wildman–Crippen LogP) is 5.22. The van der Waals surface area contributed by atoms with Gasteiger partial charge in [-0.3, -0.25) is 0 Å². The standard InChI is InChI=1S/C18H26BrNO/c1-3-13-6-5-9-18(11-13)12-16(20-4-2)15-10-14(19)7-8-17(15)21-18/h7-8,10,13,16,20H,3-6,9,11-12H2,1-2H3. The van der Waals surface area contributed by atoms with Gasteiger partial charge < -0.3 is 10.1 Å². The van der Waals surface area contributed by atoms with Crippen molar-refractivity contribution in [3.8, 4) is 5.75 Å². The maximum absolute atomic E-state index is 6.56. The number of benzene rings is 1. The summed E-state index contributed by atoms with van der Waals surface area (Å²) in [6.45, 7) is 5.51. The van der Waals surface area contributed by atoms with E-state index in [1.807, 2.05) is 0 Å². The van der Waals surface area contributed by atoms with Gasteiger partial charge in [-0.1, -0.05) is 42.6 Å². The highest BCUT2D eigenvalue weighted by molar-refractivity contribution is 9.10. The van der Waals surface area contributed by atoms with Gasteiger partial charge in [0.25, 0.3) is 0 Å². The molecule has 21 heavy (non-hydrogen) atoms. The van der Waals surface area contributed by atoms with Gasteiger partial charge in [0.1, 0.15) is 11.4 Å². The molecule has 1 spiro atoms. The van der Waals surface area contributed by atoms with Crippen LogP contribution in [0.5, 0.6) is 5.75 Å². The Labute approximate surface area is 136 Å². The Hall–Kier alpha value is -0.540. The van der Waals surface area contributed by atoms with E-state index in [1.54, 1.807) is 0 Å². The molecule has 0 saturated heterocycles. The highest BCUT2D eigenvalue weighted by atomic mass is 79.9. The molecule has 1 N–H and O–H groups in total. The fourth-order valence-electron chi connectivity index (χ4n) is 4.14. The third-order valence-electron chi connectivity index (χ3n) is 5.18. The molecule has 1 heterocycles. The molecule has 2 aliphatic rings. The summed E-state index contributed by atoms with van der Waals surface area (Å²) < 4.78 is 7.70. The van der Waals surface area contributed by atoms with Crippen molar-refractivity contribution in [2.75, 3.05) is 6.54 Å². The minimum Gasteiger partial charge on any atom is -0.487 e. The fourth-order valence-corrected chi connectivity index (χ4v) is 4.52. The molecule has 1 fully saturated rings. The Morgan fingerprint density at radius 2 is 2.19 bits per heavy atom. The number of hydrogen-bond donors (Lipinski definition) is 1. The van der Waals surface area contributed by atoms with Crippen molar-refractivity contribution in [2.45, 2.75) is 64.0 Å². The minimum atomic E-state index is 0.0621. The molecule has 3 unspecified atom stereocenters. The first-order chi connectivity index (χ1) is 10.2. The molecule has 0 radical (unpaired) electrons. The SMILES string of the molecule is CCNC1CC2(CCCC(CC)C2)Oc2ccc(Br)cc21. The van der Waals surface area contributed by atoms with Crippen molar-refractivity contribution >= 4 is 15.9 Å². The van der Waals surface area contributed by atoms with Gasteiger partial charge in [0, 0.05) is 22.5 Å². The summed E-state index contributed by atoms with van der Waals surface area (Å²) in [5, 5.41) is 3.67. The summed E-state index contributed by atoms with van der Waals surface area (Å²) >= 11 is 3.59. The first-order valence-corrected chi connectivity index (χ1v) is 9.17. The molecular formula is C18H26BrNO. The summed E-state index contributed by atoms with van der Waals surface area (Å²) in [5.41, 5.74) is 1.38. The Balaban J connectivity index is 1.91. The second-order valence-corrected chi connectivity index (χ2v) is 7.57. The molecule has 3 rings (SSSR count). The van der Waals surface area contributed by atoms with Crippen molar-refractivity contribution in [1.29, 1.82) is 0 Å². The van der Waals surface area contributed by atoms with Crippen LogP contribution in [0.15, 0.2) is 22.7 Å². The smallest absolute Gasteiger partial charge is 0.125 e. The zero-order chi connectivity index (χ0) is 14.9. The predicted molar refractivity (Wildman–Crippen MR) is 90.8 cm³/mol. The lowest BCUT2D eigenvalue weighted by Crippen LogP contribution is -2.47. The number of fused-ring (bicyclic) bond motifs is 1. The van der Waals surface area contributed by atoms with E-state index in [2.05, 4.69) is 53.3 Å². The van der Waals surface area contributed by atoms with E-state index in [-0.39, 0.29) is 5.60 Å². The van der Waals surface area contributed by atoms with Crippen LogP contribution in [0.2, 0.25) is 0 Å². The monoisotopic (exact) mass is 351 g/mol. The number of ether oxygens (including phenoxy) is 1. The summed E-state index contributed by atoms with van der Waals surface area (Å²) in [7, 11) is 0. The number of halogens is 1. The Bertz CT molecular complexity index is 504. The van der Waals surface area contributed by atoms with Gasteiger partial charge in [0.05, 0.1) is 0 Å². The molecule has 116 valence electrons. The van der Waals surface area contributed by atoms with Crippen molar-refractivity contribution in [2.24, 2.45) is 5.92 Å². The lowest BCUT2D eigenvalue weighted by Gasteiger charge is -2.47. The largest absolute Gasteiger partial charge is 0.487 e. The third-order valence-corrected chi connectivity index (χ3v) is 5.68. The van der Waals surface area contributed by atoms with Crippen LogP contribution in [0.1, 0.15) is 64.0 Å². The van der Waals surface area contributed by atoms with Crippen LogP contribution in [0, 0.1) is 5.92 Å². The minimum absolute atomic E-state index is 0.0621. The van der Waals surface area contributed by atoms with Crippen LogP contribution in [0.25, 0.3) is 0 Å². The van der Waals surface area contributed by atoms with Gasteiger partial charge >= 0.3 is 0 Å². The van der Waals surface area contributed by atoms with Gasteiger partial charge in [-0.2, -0.15) is 0 Å². The number of rotatable bonds is 3. The Morgan fingerprint density at radius 1 is 1.33 bits per heavy atom. The maximum Gasteiger partial charge on any atom is 0.125 e. The van der Waals surface area contributed by atoms with Gasteiger partial charge in [0.2, 0.25) is 0 Å². The van der Waals surface area contributed by atoms with Crippen LogP contribution in [-0.4, -0.2) is 12.1 Å². The summed E-state index contributed by atoms with van der Waals surface area (Å²) in [6, 6.07) is 6.88. The van der Waals surface area contributed by atoms with E-state index in [0.29, 0.717) is 6.04 Å². The first-order valence-electron chi connectivity index (χ1n) is 8.37. The molecule has 1 aliphatic heterocycles. The van der Waals surface area contributed by atoms with Crippen LogP contribution in [0.4, 0.5) is 0 Å². The van der Waals surface area contributed by atoms with Crippen LogP contribution < -0.4 is 10.1 Å². The molecule has 2 nitrogen and oxygen atoms in total. The third kappa shape index (κ3) is 3.14. The van der Waals surface area contributed by atoms with E-state index in [1.165, 1.54) is 37.7 Å². The molecule has 3 atom stereocenters. The maximum atomic E-state index is 6.56. The van der Waals surface area contributed by atoms with E-state index >= 15 is 0 Å². The Kier molecular flexibility index (Phi) is 4.60. The van der Waals surface area contributed by atoms with Crippen molar-refractivity contribution in [3.63, 3.8) is 0 Å². The summed E-state index contributed by atoms with van der Waals surface area (Å²) in [4.78, 5) is 0. The van der Waals surface area contributed by atoms with E-state index in [4.69, 9.17) is 4.74 Å². The van der Waals surface area contributed by atoms with Gasteiger partial charge in [0.15, 0.2) is 0 Å². The van der Waals surface area contributed by atoms with Gasteiger partial charge in [-0.05, 0) is 49.9 Å². The topological polar surface area (TPSA) is 21.3 Å². The lowest BCUT2D eigenvalue weighted by atomic mass is 9.72. The highest BCUT2D eigenvalue weighted by Crippen LogP contribution is 2.48. The average molecular weight is 352 g/mol. The molecule has 1 saturated carbocycles. The normalized spacial score (nSPS) is 31.8. The fraction of sp³-hybridized carbons (Fsp3) is 0.667. The molecule has 3 heteroatoms. The molecular weight excluding hydrogens is 326 g/mol. The van der Waals surface area contributed by atoms with Crippen molar-refractivity contribution < 1.29 is 4.74 Å². The van der Waals surface area contributed by atoms with Gasteiger partial charge in [-0.15, -0.1) is 0 Å². The van der Waals surface area contributed by atoms with Crippen molar-refractivity contribution in [3.05, 3.63) is 28.2 Å². The molecule has 1 aliphatic carbocycles. The van der Waals surface area contributed by atoms with Crippen LogP contribution in [-0.2, 0) is 0 Å². The molecule has 0 bridgehead atoms. The number of hydrogen-bond acceptors (Lipinski definition) is 2. The lowest BCUT2D eigenvalue weighted by molar-refractivity contribution is -0.0213. The zero-order valence-electron chi connectivity index (χ0n) is 13.1. The van der Waals surface area contributed by atoms with E-state index in [9.17, 15) is 0 Å². The summed E-state index contributed by atoms with van der Waals surface area (Å²) in [5.74, 6) is 1.92. The van der Waals surface area contributed by atoms with Crippen LogP contribution >= 0.6 is 15.9 Å². The van der Waals surface area contributed by atoms with Crippen molar-refractivity contribution in [1.82, 2.24) is 5.32 Å². The molecule has 0 aromatic heterocycles. The zero-order valence-corrected chi connectivity index (χ0v) is 14.7. The van der Waals surface area contributed by atoms with Gasteiger partial charge in [-0.25, -0.2) is 0 Å². The quantitative estimate of drug-likeness (QED) is 0.805. The second kappa shape index (κ2) is 6.29. The molecule has 1 aromatic rings. The highest BCUT2D eigenvalue weighted by Gasteiger charge is 2.43. The first kappa shape index (κ1) is 15.4. The summed E-state index contributed by atoms with van der Waals surface area (Å²) in [6.07, 6.45) is 7.51. The molecule has 1 aromatic carbocycles. The number of nitrogens with one attached hydrogen (secondary N) is 1.